The average molecular weight is 304 g/mol. The predicted octanol–water partition coefficient (Wildman–Crippen LogP) is 1.74. The van der Waals surface area contributed by atoms with Crippen LogP contribution in [0.5, 0.6) is 0 Å². The number of carbonyl (C=O) groups is 1. The van der Waals surface area contributed by atoms with E-state index in [1.165, 1.54) is 0 Å². The number of nitrogens with zero attached hydrogens (tertiary/aromatic N) is 3. The van der Waals surface area contributed by atoms with E-state index in [0.29, 0.717) is 17.8 Å². The third-order valence-corrected chi connectivity index (χ3v) is 3.42. The van der Waals surface area contributed by atoms with Crippen molar-refractivity contribution in [1.82, 2.24) is 19.7 Å². The Balaban J connectivity index is 2.20. The molecule has 22 heavy (non-hydrogen) atoms. The average Bonchev–Trinajstić information content (AvgIpc) is 3.04. The Labute approximate surface area is 130 Å². The van der Waals surface area contributed by atoms with Gasteiger partial charge in [-0.25, -0.2) is 0 Å². The maximum atomic E-state index is 12.5. The van der Waals surface area contributed by atoms with E-state index in [9.17, 15) is 9.90 Å². The second-order valence-electron chi connectivity index (χ2n) is 6.71. The first-order valence-electron chi connectivity index (χ1n) is 7.39. The fourth-order valence-electron chi connectivity index (χ4n) is 2.54. The molecule has 0 aliphatic rings. The first-order chi connectivity index (χ1) is 10.3. The first-order valence-corrected chi connectivity index (χ1v) is 7.39. The van der Waals surface area contributed by atoms with E-state index in [2.05, 4.69) is 31.2 Å². The molecule has 0 bridgehead atoms. The highest BCUT2D eigenvalue weighted by molar-refractivity contribution is 5.97. The maximum absolute atomic E-state index is 12.5. The van der Waals surface area contributed by atoms with Crippen LogP contribution in [-0.4, -0.2) is 38.0 Å². The van der Waals surface area contributed by atoms with Crippen molar-refractivity contribution in [2.75, 3.05) is 6.61 Å². The normalized spacial score (nSPS) is 13.1. The molecule has 2 rings (SSSR count). The van der Waals surface area contributed by atoms with E-state index in [0.717, 1.165) is 0 Å². The zero-order chi connectivity index (χ0) is 16.3. The van der Waals surface area contributed by atoms with Crippen molar-refractivity contribution in [2.45, 2.75) is 33.2 Å². The minimum absolute atomic E-state index is 0.0267. The van der Waals surface area contributed by atoms with Gasteiger partial charge in [0, 0.05) is 19.4 Å². The summed E-state index contributed by atoms with van der Waals surface area (Å²) in [5.74, 6) is 0.482. The number of aryl methyl sites for hydroxylation is 1. The van der Waals surface area contributed by atoms with Crippen molar-refractivity contribution in [2.24, 2.45) is 12.5 Å². The van der Waals surface area contributed by atoms with E-state index < -0.39 is 0 Å². The number of aliphatic hydroxyl groups is 1. The number of rotatable bonds is 5. The fourth-order valence-corrected chi connectivity index (χ4v) is 2.54. The molecular weight excluding hydrogens is 280 g/mol. The van der Waals surface area contributed by atoms with Gasteiger partial charge >= 0.3 is 0 Å². The number of aliphatic hydroxyl groups excluding tert-OH is 1. The van der Waals surface area contributed by atoms with E-state index >= 15 is 0 Å². The molecule has 2 heterocycles. The highest BCUT2D eigenvalue weighted by atomic mass is 16.3. The van der Waals surface area contributed by atoms with Crippen molar-refractivity contribution < 1.29 is 9.90 Å². The van der Waals surface area contributed by atoms with Crippen LogP contribution in [-0.2, 0) is 7.05 Å². The Bertz CT molecular complexity index is 623. The van der Waals surface area contributed by atoms with Gasteiger partial charge in [0.2, 0.25) is 0 Å². The SMILES string of the molecule is Cn1ncc(C(=O)NC(CO)CC(C)(C)C)c1-n1cccc1. The van der Waals surface area contributed by atoms with Crippen LogP contribution >= 0.6 is 0 Å². The topological polar surface area (TPSA) is 72.1 Å². The molecule has 0 radical (unpaired) electrons. The molecule has 0 saturated carbocycles. The van der Waals surface area contributed by atoms with Crippen LogP contribution in [0.2, 0.25) is 0 Å². The Morgan fingerprint density at radius 2 is 2.00 bits per heavy atom. The van der Waals surface area contributed by atoms with Gasteiger partial charge in [-0.15, -0.1) is 0 Å². The van der Waals surface area contributed by atoms with E-state index in [-0.39, 0.29) is 24.0 Å². The minimum atomic E-state index is -0.273. The summed E-state index contributed by atoms with van der Waals surface area (Å²) in [6.07, 6.45) is 5.99. The Morgan fingerprint density at radius 3 is 2.55 bits per heavy atom. The molecule has 1 unspecified atom stereocenters. The third-order valence-electron chi connectivity index (χ3n) is 3.42. The van der Waals surface area contributed by atoms with Crippen LogP contribution < -0.4 is 5.32 Å². The van der Waals surface area contributed by atoms with E-state index in [1.54, 1.807) is 17.9 Å². The van der Waals surface area contributed by atoms with Crippen molar-refractivity contribution in [3.8, 4) is 5.82 Å². The second kappa shape index (κ2) is 6.36. The summed E-state index contributed by atoms with van der Waals surface area (Å²) in [5, 5.41) is 16.6. The molecule has 1 amide bonds. The molecule has 2 N–H and O–H groups in total. The number of amides is 1. The summed E-state index contributed by atoms with van der Waals surface area (Å²) < 4.78 is 3.51. The summed E-state index contributed by atoms with van der Waals surface area (Å²) in [5.41, 5.74) is 0.518. The van der Waals surface area contributed by atoms with E-state index in [4.69, 9.17) is 0 Å². The molecule has 0 saturated heterocycles. The molecule has 6 nitrogen and oxygen atoms in total. The molecule has 0 aliphatic carbocycles. The third kappa shape index (κ3) is 3.76. The number of carbonyl (C=O) groups excluding carboxylic acids is 1. The molecule has 0 aliphatic heterocycles. The molecule has 0 aromatic carbocycles. The van der Waals surface area contributed by atoms with Gasteiger partial charge in [-0.1, -0.05) is 20.8 Å². The van der Waals surface area contributed by atoms with Gasteiger partial charge in [-0.05, 0) is 24.0 Å². The molecule has 1 atom stereocenters. The van der Waals surface area contributed by atoms with Gasteiger partial charge in [0.05, 0.1) is 18.8 Å². The van der Waals surface area contributed by atoms with Gasteiger partial charge in [-0.3, -0.25) is 9.48 Å². The van der Waals surface area contributed by atoms with Gasteiger partial charge in [0.25, 0.3) is 5.91 Å². The molecule has 2 aromatic heterocycles. The molecule has 0 spiro atoms. The minimum Gasteiger partial charge on any atom is -0.394 e. The summed E-state index contributed by atoms with van der Waals surface area (Å²) in [4.78, 5) is 12.5. The van der Waals surface area contributed by atoms with Crippen LogP contribution in [0.1, 0.15) is 37.6 Å². The van der Waals surface area contributed by atoms with Crippen LogP contribution in [0.15, 0.2) is 30.7 Å². The molecule has 0 fully saturated rings. The highest BCUT2D eigenvalue weighted by Crippen LogP contribution is 2.21. The number of hydrogen-bond acceptors (Lipinski definition) is 3. The summed E-state index contributed by atoms with van der Waals surface area (Å²) >= 11 is 0. The Hall–Kier alpha value is -2.08. The Morgan fingerprint density at radius 1 is 1.36 bits per heavy atom. The lowest BCUT2D eigenvalue weighted by molar-refractivity contribution is 0.0897. The van der Waals surface area contributed by atoms with Crippen molar-refractivity contribution >= 4 is 5.91 Å². The van der Waals surface area contributed by atoms with Gasteiger partial charge < -0.3 is 15.0 Å². The van der Waals surface area contributed by atoms with Gasteiger partial charge in [-0.2, -0.15) is 5.10 Å². The van der Waals surface area contributed by atoms with Crippen LogP contribution in [0.25, 0.3) is 5.82 Å². The first kappa shape index (κ1) is 16.3. The molecule has 2 aromatic rings. The smallest absolute Gasteiger partial charge is 0.256 e. The fraction of sp³-hybridized carbons (Fsp3) is 0.500. The largest absolute Gasteiger partial charge is 0.394 e. The quantitative estimate of drug-likeness (QED) is 0.884. The van der Waals surface area contributed by atoms with Crippen molar-refractivity contribution in [3.05, 3.63) is 36.3 Å². The standard InChI is InChI=1S/C16H24N4O2/c1-16(2,3)9-12(11-21)18-14(22)13-10-17-19(4)15(13)20-7-5-6-8-20/h5-8,10,12,21H,9,11H2,1-4H3,(H,18,22). The second-order valence-corrected chi connectivity index (χ2v) is 6.71. The zero-order valence-corrected chi connectivity index (χ0v) is 13.6. The highest BCUT2D eigenvalue weighted by Gasteiger charge is 2.23. The van der Waals surface area contributed by atoms with Crippen LogP contribution in [0.4, 0.5) is 0 Å². The number of hydrogen-bond donors (Lipinski definition) is 2. The molecule has 6 heteroatoms. The summed E-state index contributed by atoms with van der Waals surface area (Å²) in [6, 6.07) is 3.51. The maximum Gasteiger partial charge on any atom is 0.256 e. The van der Waals surface area contributed by atoms with Crippen molar-refractivity contribution in [1.29, 1.82) is 0 Å². The number of aromatic nitrogens is 3. The van der Waals surface area contributed by atoms with Gasteiger partial charge in [0.15, 0.2) is 0 Å². The lowest BCUT2D eigenvalue weighted by atomic mass is 9.88. The monoisotopic (exact) mass is 304 g/mol. The predicted molar refractivity (Wildman–Crippen MR) is 84.9 cm³/mol. The molecule has 120 valence electrons. The Kier molecular flexibility index (Phi) is 4.71. The van der Waals surface area contributed by atoms with Crippen LogP contribution in [0.3, 0.4) is 0 Å². The zero-order valence-electron chi connectivity index (χ0n) is 13.6. The lowest BCUT2D eigenvalue weighted by Gasteiger charge is -2.25. The summed E-state index contributed by atoms with van der Waals surface area (Å²) in [7, 11) is 1.80. The summed E-state index contributed by atoms with van der Waals surface area (Å²) in [6.45, 7) is 6.16. The van der Waals surface area contributed by atoms with E-state index in [1.807, 2.05) is 29.1 Å². The lowest BCUT2D eigenvalue weighted by Crippen LogP contribution is -2.40. The van der Waals surface area contributed by atoms with Gasteiger partial charge in [0.1, 0.15) is 11.4 Å². The number of nitrogens with one attached hydrogen (secondary N) is 1. The van der Waals surface area contributed by atoms with Crippen molar-refractivity contribution in [3.63, 3.8) is 0 Å². The van der Waals surface area contributed by atoms with Crippen LogP contribution in [0, 0.1) is 5.41 Å². The molecular formula is C16H24N4O2.